The molecule has 1 N–H and O–H groups in total. The minimum atomic E-state index is -4.07. The molecule has 10 heteroatoms. The molecule has 118 valence electrons. The van der Waals surface area contributed by atoms with E-state index in [9.17, 15) is 22.9 Å². The van der Waals surface area contributed by atoms with Gasteiger partial charge in [0.15, 0.2) is 4.90 Å². The number of sulfonamides is 1. The highest BCUT2D eigenvalue weighted by Crippen LogP contribution is 2.29. The van der Waals surface area contributed by atoms with Gasteiger partial charge in [-0.25, -0.2) is 8.42 Å². The van der Waals surface area contributed by atoms with Crippen molar-refractivity contribution in [3.8, 4) is 0 Å². The number of nitro groups is 1. The fourth-order valence-corrected chi connectivity index (χ4v) is 3.73. The van der Waals surface area contributed by atoms with Gasteiger partial charge in [0.1, 0.15) is 0 Å². The minimum Gasteiger partial charge on any atom is -0.315 e. The van der Waals surface area contributed by atoms with Crippen LogP contribution in [0, 0.1) is 15.9 Å². The number of hydrogen-bond donors (Lipinski definition) is 1. The molecular weight excluding hydrogens is 325 g/mol. The van der Waals surface area contributed by atoms with E-state index in [1.165, 1.54) is 0 Å². The first-order chi connectivity index (χ1) is 9.44. The Labute approximate surface area is 127 Å². The quantitative estimate of drug-likeness (QED) is 0.658. The van der Waals surface area contributed by atoms with Crippen LogP contribution in [0.4, 0.5) is 10.1 Å². The highest BCUT2D eigenvalue weighted by Gasteiger charge is 2.34. The van der Waals surface area contributed by atoms with Crippen molar-refractivity contribution in [2.24, 2.45) is 0 Å². The molecule has 1 fully saturated rings. The van der Waals surface area contributed by atoms with Gasteiger partial charge in [0.2, 0.25) is 15.8 Å². The SMILES string of the molecule is Cl.O=[N+]([O-])c1c(F)cccc1S(=O)(=O)N1CCCNCC1. The molecule has 0 atom stereocenters. The lowest BCUT2D eigenvalue weighted by Crippen LogP contribution is -2.34. The number of halogens is 2. The maximum Gasteiger partial charge on any atom is 0.324 e. The molecule has 7 nitrogen and oxygen atoms in total. The molecule has 0 radical (unpaired) electrons. The molecule has 0 unspecified atom stereocenters. The Kier molecular flexibility index (Phi) is 6.02. The van der Waals surface area contributed by atoms with E-state index < -0.39 is 31.3 Å². The topological polar surface area (TPSA) is 92.5 Å². The van der Waals surface area contributed by atoms with Gasteiger partial charge in [0, 0.05) is 19.6 Å². The van der Waals surface area contributed by atoms with Gasteiger partial charge in [-0.1, -0.05) is 6.07 Å². The Hall–Kier alpha value is -1.29. The van der Waals surface area contributed by atoms with Crippen molar-refractivity contribution in [3.63, 3.8) is 0 Å². The van der Waals surface area contributed by atoms with Crippen LogP contribution in [0.5, 0.6) is 0 Å². The van der Waals surface area contributed by atoms with E-state index >= 15 is 0 Å². The largest absolute Gasteiger partial charge is 0.324 e. The van der Waals surface area contributed by atoms with Crippen LogP contribution in [-0.4, -0.2) is 43.8 Å². The van der Waals surface area contributed by atoms with Crippen molar-refractivity contribution in [2.75, 3.05) is 26.2 Å². The first-order valence-electron chi connectivity index (χ1n) is 6.08. The highest BCUT2D eigenvalue weighted by molar-refractivity contribution is 7.89. The molecule has 2 rings (SSSR count). The highest BCUT2D eigenvalue weighted by atomic mass is 35.5. The van der Waals surface area contributed by atoms with Gasteiger partial charge in [0.05, 0.1) is 4.92 Å². The zero-order chi connectivity index (χ0) is 14.8. The predicted octanol–water partition coefficient (Wildman–Crippen LogP) is 1.14. The van der Waals surface area contributed by atoms with Crippen molar-refractivity contribution in [1.82, 2.24) is 9.62 Å². The molecule has 1 aromatic carbocycles. The van der Waals surface area contributed by atoms with Gasteiger partial charge >= 0.3 is 5.69 Å². The van der Waals surface area contributed by atoms with Gasteiger partial charge in [-0.05, 0) is 25.1 Å². The Morgan fingerprint density at radius 1 is 1.29 bits per heavy atom. The first-order valence-corrected chi connectivity index (χ1v) is 7.52. The molecular formula is C11H15ClFN3O4S. The molecule has 1 aromatic rings. The minimum absolute atomic E-state index is 0. The van der Waals surface area contributed by atoms with Crippen LogP contribution >= 0.6 is 12.4 Å². The standard InChI is InChI=1S/C11H14FN3O4S.ClH/c12-9-3-1-4-10(11(9)15(16)17)20(18,19)14-7-2-5-13-6-8-14;/h1,3-4,13H,2,5-8H2;1H. The summed E-state index contributed by atoms with van der Waals surface area (Å²) in [5, 5.41) is 13.9. The van der Waals surface area contributed by atoms with Crippen LogP contribution < -0.4 is 5.32 Å². The number of hydrogen-bond acceptors (Lipinski definition) is 5. The second-order valence-corrected chi connectivity index (χ2v) is 6.26. The molecule has 0 aliphatic carbocycles. The molecule has 0 saturated carbocycles. The van der Waals surface area contributed by atoms with Crippen LogP contribution in [-0.2, 0) is 10.0 Å². The summed E-state index contributed by atoms with van der Waals surface area (Å²) in [7, 11) is -4.07. The van der Waals surface area contributed by atoms with Crippen LogP contribution in [0.25, 0.3) is 0 Å². The average molecular weight is 340 g/mol. The maximum atomic E-state index is 13.5. The number of nitro benzene ring substituents is 1. The van der Waals surface area contributed by atoms with E-state index in [1.807, 2.05) is 0 Å². The number of nitrogens with zero attached hydrogens (tertiary/aromatic N) is 2. The van der Waals surface area contributed by atoms with E-state index in [4.69, 9.17) is 0 Å². The van der Waals surface area contributed by atoms with E-state index in [0.717, 1.165) is 22.5 Å². The maximum absolute atomic E-state index is 13.5. The van der Waals surface area contributed by atoms with E-state index in [1.54, 1.807) is 0 Å². The molecule has 0 spiro atoms. The van der Waals surface area contributed by atoms with Gasteiger partial charge in [0.25, 0.3) is 0 Å². The number of nitrogens with one attached hydrogen (secondary N) is 1. The van der Waals surface area contributed by atoms with E-state index in [2.05, 4.69) is 5.32 Å². The molecule has 21 heavy (non-hydrogen) atoms. The Balaban J connectivity index is 0.00000220. The molecule has 0 bridgehead atoms. The van der Waals surface area contributed by atoms with Crippen molar-refractivity contribution in [1.29, 1.82) is 0 Å². The number of para-hydroxylation sites is 1. The molecule has 1 saturated heterocycles. The third kappa shape index (κ3) is 3.67. The van der Waals surface area contributed by atoms with Gasteiger partial charge in [-0.15, -0.1) is 12.4 Å². The van der Waals surface area contributed by atoms with Crippen molar-refractivity contribution < 1.29 is 17.7 Å². The summed E-state index contributed by atoms with van der Waals surface area (Å²) in [6, 6.07) is 3.10. The predicted molar refractivity (Wildman–Crippen MR) is 76.5 cm³/mol. The normalized spacial score (nSPS) is 16.8. The van der Waals surface area contributed by atoms with Crippen LogP contribution in [0.1, 0.15) is 6.42 Å². The summed E-state index contributed by atoms with van der Waals surface area (Å²) in [5.74, 6) is -1.15. The van der Waals surface area contributed by atoms with Crippen LogP contribution in [0.15, 0.2) is 23.1 Å². The van der Waals surface area contributed by atoms with E-state index in [0.29, 0.717) is 19.5 Å². The molecule has 1 heterocycles. The molecule has 1 aliphatic rings. The number of benzene rings is 1. The second kappa shape index (κ2) is 7.12. The lowest BCUT2D eigenvalue weighted by atomic mass is 10.3. The van der Waals surface area contributed by atoms with Crippen LogP contribution in [0.2, 0.25) is 0 Å². The van der Waals surface area contributed by atoms with Crippen LogP contribution in [0.3, 0.4) is 0 Å². The van der Waals surface area contributed by atoms with E-state index in [-0.39, 0.29) is 25.5 Å². The Morgan fingerprint density at radius 2 is 2.00 bits per heavy atom. The number of rotatable bonds is 3. The summed E-state index contributed by atoms with van der Waals surface area (Å²) in [6.07, 6.45) is 0.600. The molecule has 0 aromatic heterocycles. The first kappa shape index (κ1) is 17.8. The summed E-state index contributed by atoms with van der Waals surface area (Å²) in [4.78, 5) is 9.32. The van der Waals surface area contributed by atoms with Crippen molar-refractivity contribution >= 4 is 28.1 Å². The van der Waals surface area contributed by atoms with Crippen molar-refractivity contribution in [3.05, 3.63) is 34.1 Å². The summed E-state index contributed by atoms with van der Waals surface area (Å²) < 4.78 is 39.6. The zero-order valence-electron chi connectivity index (χ0n) is 11.0. The zero-order valence-corrected chi connectivity index (χ0v) is 12.6. The smallest absolute Gasteiger partial charge is 0.315 e. The Morgan fingerprint density at radius 3 is 2.67 bits per heavy atom. The van der Waals surface area contributed by atoms with Gasteiger partial charge in [-0.3, -0.25) is 10.1 Å². The monoisotopic (exact) mass is 339 g/mol. The Bertz CT molecular complexity index is 618. The third-order valence-electron chi connectivity index (χ3n) is 3.05. The second-order valence-electron chi connectivity index (χ2n) is 4.35. The molecule has 1 aliphatic heterocycles. The fourth-order valence-electron chi connectivity index (χ4n) is 2.08. The fraction of sp³-hybridized carbons (Fsp3) is 0.455. The average Bonchev–Trinajstić information content (AvgIpc) is 2.67. The van der Waals surface area contributed by atoms with Gasteiger partial charge < -0.3 is 5.32 Å². The lowest BCUT2D eigenvalue weighted by Gasteiger charge is -2.19. The van der Waals surface area contributed by atoms with Gasteiger partial charge in [-0.2, -0.15) is 8.70 Å². The summed E-state index contributed by atoms with van der Waals surface area (Å²) in [6.45, 7) is 1.60. The lowest BCUT2D eigenvalue weighted by molar-refractivity contribution is -0.390. The molecule has 0 amide bonds. The summed E-state index contributed by atoms with van der Waals surface area (Å²) in [5.41, 5.74) is -0.996. The third-order valence-corrected chi connectivity index (χ3v) is 4.98. The summed E-state index contributed by atoms with van der Waals surface area (Å²) >= 11 is 0. The van der Waals surface area contributed by atoms with Crippen molar-refractivity contribution in [2.45, 2.75) is 11.3 Å².